The minimum absolute atomic E-state index is 0.0803. The summed E-state index contributed by atoms with van der Waals surface area (Å²) < 4.78 is 38.3. The third-order valence-electron chi connectivity index (χ3n) is 5.91. The molecule has 7 nitrogen and oxygen atoms in total. The first kappa shape index (κ1) is 29.9. The van der Waals surface area contributed by atoms with Gasteiger partial charge in [-0.25, -0.2) is 0 Å². The Balaban J connectivity index is 0.000000658. The maximum absolute atomic E-state index is 13.0. The molecule has 1 amide bonds. The van der Waals surface area contributed by atoms with E-state index in [4.69, 9.17) is 16.9 Å². The molecule has 2 heterocycles. The maximum Gasteiger partial charge on any atom is 0.433 e. The largest absolute Gasteiger partial charge is 0.433 e. The van der Waals surface area contributed by atoms with Crippen LogP contribution in [0.25, 0.3) is 0 Å². The van der Waals surface area contributed by atoms with Crippen molar-refractivity contribution < 1.29 is 22.8 Å². The summed E-state index contributed by atoms with van der Waals surface area (Å²) in [5.41, 5.74) is 11.9. The van der Waals surface area contributed by atoms with Gasteiger partial charge >= 0.3 is 6.18 Å². The number of nitrogens with one attached hydrogen (secondary N) is 1. The van der Waals surface area contributed by atoms with Gasteiger partial charge in [0.15, 0.2) is 5.78 Å². The first-order valence-electron chi connectivity index (χ1n) is 11.7. The van der Waals surface area contributed by atoms with Crippen LogP contribution in [-0.2, 0) is 11.0 Å². The number of halogens is 3. The lowest BCUT2D eigenvalue weighted by atomic mass is 9.89. The van der Waals surface area contributed by atoms with Crippen LogP contribution in [0.2, 0.25) is 0 Å². The van der Waals surface area contributed by atoms with Gasteiger partial charge in [-0.15, -0.1) is 0 Å². The molecule has 2 unspecified atom stereocenters. The van der Waals surface area contributed by atoms with E-state index in [1.807, 2.05) is 27.7 Å². The highest BCUT2D eigenvalue weighted by Crippen LogP contribution is 2.32. The topological polar surface area (TPSA) is 126 Å². The molecule has 2 atom stereocenters. The predicted molar refractivity (Wildman–Crippen MR) is 132 cm³/mol. The molecular formula is C25H36F3N5O2. The number of rotatable bonds is 8. The van der Waals surface area contributed by atoms with Crippen molar-refractivity contribution in [3.8, 4) is 0 Å². The summed E-state index contributed by atoms with van der Waals surface area (Å²) in [7, 11) is 0. The number of aromatic nitrogens is 1. The lowest BCUT2D eigenvalue weighted by Gasteiger charge is -2.38. The highest BCUT2D eigenvalue weighted by molar-refractivity contribution is 6.03. The van der Waals surface area contributed by atoms with Crippen LogP contribution in [0.5, 0.6) is 0 Å². The van der Waals surface area contributed by atoms with Crippen LogP contribution in [0, 0.1) is 11.3 Å². The standard InChI is InChI=1S/C18H24F3N5O.C7H12O/c1-3-5-11(22)16-12(23)6-7-26(14(16)4-2)17(27)10-9-25-15(8-13(10)24)18(19,20)21;1-4-6(3)7(8)5-2/h8-9,14,22H,3-7,23H2,1-2H3,(H2,24,25);5-6H,2,4H2,1,3H3. The number of allylic oxidation sites excluding steroid dienone is 1. The van der Waals surface area contributed by atoms with Crippen LogP contribution in [-0.4, -0.2) is 39.9 Å². The molecule has 0 fully saturated rings. The fourth-order valence-electron chi connectivity index (χ4n) is 3.71. The lowest BCUT2D eigenvalue weighted by Crippen LogP contribution is -2.47. The van der Waals surface area contributed by atoms with Gasteiger partial charge in [-0.05, 0) is 31.4 Å². The molecule has 0 aliphatic carbocycles. The minimum atomic E-state index is -4.63. The lowest BCUT2D eigenvalue weighted by molar-refractivity contribution is -0.141. The number of hydrogen-bond donors (Lipinski definition) is 3. The number of carbonyl (C=O) groups is 2. The third kappa shape index (κ3) is 7.66. The summed E-state index contributed by atoms with van der Waals surface area (Å²) >= 11 is 0. The summed E-state index contributed by atoms with van der Waals surface area (Å²) in [6.07, 6.45) is 0.769. The normalized spacial score (nSPS) is 16.8. The number of carbonyl (C=O) groups excluding carboxylic acids is 2. The maximum atomic E-state index is 13.0. The second kappa shape index (κ2) is 13.1. The van der Waals surface area contributed by atoms with E-state index in [1.165, 1.54) is 11.0 Å². The van der Waals surface area contributed by atoms with Crippen molar-refractivity contribution in [2.24, 2.45) is 11.7 Å². The quantitative estimate of drug-likeness (QED) is 0.341. The smallest absolute Gasteiger partial charge is 0.402 e. The molecule has 0 aromatic carbocycles. The molecule has 1 aliphatic heterocycles. The second-order valence-electron chi connectivity index (χ2n) is 8.41. The number of amides is 1. The molecule has 2 rings (SSSR count). The number of nitrogens with two attached hydrogens (primary N) is 2. The zero-order valence-electron chi connectivity index (χ0n) is 20.8. The molecule has 1 aromatic heterocycles. The molecule has 194 valence electrons. The van der Waals surface area contributed by atoms with Crippen LogP contribution in [0.1, 0.15) is 75.9 Å². The summed E-state index contributed by atoms with van der Waals surface area (Å²) in [6.45, 7) is 11.4. The van der Waals surface area contributed by atoms with Crippen molar-refractivity contribution in [1.29, 1.82) is 5.41 Å². The van der Waals surface area contributed by atoms with Gasteiger partial charge < -0.3 is 21.8 Å². The number of ketones is 1. The molecule has 0 saturated heterocycles. The highest BCUT2D eigenvalue weighted by atomic mass is 19.4. The van der Waals surface area contributed by atoms with E-state index in [2.05, 4.69) is 11.6 Å². The van der Waals surface area contributed by atoms with Gasteiger partial charge in [0.25, 0.3) is 5.91 Å². The van der Waals surface area contributed by atoms with Crippen LogP contribution in [0.3, 0.4) is 0 Å². The van der Waals surface area contributed by atoms with Crippen molar-refractivity contribution in [2.75, 3.05) is 12.3 Å². The Hall–Kier alpha value is -3.17. The average Bonchev–Trinajstić information content (AvgIpc) is 2.82. The first-order valence-corrected chi connectivity index (χ1v) is 11.7. The average molecular weight is 496 g/mol. The van der Waals surface area contributed by atoms with E-state index in [0.717, 1.165) is 19.0 Å². The van der Waals surface area contributed by atoms with E-state index < -0.39 is 23.8 Å². The van der Waals surface area contributed by atoms with Crippen molar-refractivity contribution >= 4 is 23.1 Å². The summed E-state index contributed by atoms with van der Waals surface area (Å²) in [4.78, 5) is 28.5. The van der Waals surface area contributed by atoms with Gasteiger partial charge in [-0.1, -0.05) is 40.7 Å². The number of anilines is 1. The molecule has 0 radical (unpaired) electrons. The molecule has 0 bridgehead atoms. The Kier molecular flexibility index (Phi) is 11.1. The number of alkyl halides is 3. The van der Waals surface area contributed by atoms with Gasteiger partial charge in [-0.2, -0.15) is 13.2 Å². The Labute approximate surface area is 205 Å². The molecule has 0 spiro atoms. The van der Waals surface area contributed by atoms with Gasteiger partial charge in [0, 0.05) is 47.7 Å². The Morgan fingerprint density at radius 2 is 1.94 bits per heavy atom. The van der Waals surface area contributed by atoms with Crippen LogP contribution in [0.15, 0.2) is 36.2 Å². The number of nitrogen functional groups attached to an aromatic ring is 1. The zero-order valence-corrected chi connectivity index (χ0v) is 20.8. The van der Waals surface area contributed by atoms with E-state index in [9.17, 15) is 22.8 Å². The van der Waals surface area contributed by atoms with Gasteiger partial charge in [0.2, 0.25) is 0 Å². The summed E-state index contributed by atoms with van der Waals surface area (Å²) in [6, 6.07) is 0.259. The fraction of sp³-hybridized carbons (Fsp3) is 0.520. The Morgan fingerprint density at radius 3 is 2.37 bits per heavy atom. The number of nitrogens with zero attached hydrogens (tertiary/aromatic N) is 2. The minimum Gasteiger partial charge on any atom is -0.402 e. The molecule has 5 N–H and O–H groups in total. The third-order valence-corrected chi connectivity index (χ3v) is 5.91. The fourth-order valence-corrected chi connectivity index (χ4v) is 3.71. The van der Waals surface area contributed by atoms with E-state index in [-0.39, 0.29) is 23.0 Å². The van der Waals surface area contributed by atoms with Crippen LogP contribution in [0.4, 0.5) is 18.9 Å². The predicted octanol–water partition coefficient (Wildman–Crippen LogP) is 5.13. The second-order valence-corrected chi connectivity index (χ2v) is 8.41. The number of pyridine rings is 1. The molecule has 35 heavy (non-hydrogen) atoms. The van der Waals surface area contributed by atoms with E-state index >= 15 is 0 Å². The van der Waals surface area contributed by atoms with Crippen molar-refractivity contribution in [3.05, 3.63) is 47.4 Å². The van der Waals surface area contributed by atoms with Crippen LogP contribution < -0.4 is 11.5 Å². The monoisotopic (exact) mass is 495 g/mol. The first-order chi connectivity index (χ1) is 16.3. The zero-order chi connectivity index (χ0) is 26.9. The van der Waals surface area contributed by atoms with E-state index in [1.54, 1.807) is 0 Å². The summed E-state index contributed by atoms with van der Waals surface area (Å²) in [5, 5.41) is 8.28. The molecule has 1 aromatic rings. The molecule has 0 saturated carbocycles. The van der Waals surface area contributed by atoms with Gasteiger partial charge in [-0.3, -0.25) is 14.6 Å². The Bertz CT molecular complexity index is 972. The van der Waals surface area contributed by atoms with Crippen LogP contribution >= 0.6 is 0 Å². The molecular weight excluding hydrogens is 459 g/mol. The highest BCUT2D eigenvalue weighted by Gasteiger charge is 2.36. The van der Waals surface area contributed by atoms with E-state index in [0.29, 0.717) is 48.9 Å². The molecule has 1 aliphatic rings. The van der Waals surface area contributed by atoms with Crippen molar-refractivity contribution in [3.63, 3.8) is 0 Å². The van der Waals surface area contributed by atoms with Gasteiger partial charge in [0.05, 0.1) is 11.6 Å². The number of hydrogen-bond acceptors (Lipinski definition) is 6. The van der Waals surface area contributed by atoms with Gasteiger partial charge in [0.1, 0.15) is 5.69 Å². The SMILES string of the molecule is C=CC(=O)C(C)CC.CCCC(=N)C1=C(N)CCN(C(=O)c2cnc(C(F)(F)F)cc2N)C1CC. The molecule has 10 heteroatoms. The Morgan fingerprint density at radius 1 is 1.31 bits per heavy atom. The summed E-state index contributed by atoms with van der Waals surface area (Å²) in [5.74, 6) is -0.199. The van der Waals surface area contributed by atoms with Crippen molar-refractivity contribution in [1.82, 2.24) is 9.88 Å². The van der Waals surface area contributed by atoms with Crippen molar-refractivity contribution in [2.45, 2.75) is 72.0 Å².